The molecule has 0 radical (unpaired) electrons. The summed E-state index contributed by atoms with van der Waals surface area (Å²) >= 11 is 0. The van der Waals surface area contributed by atoms with Crippen LogP contribution in [-0.2, 0) is 20.7 Å². The van der Waals surface area contributed by atoms with Crippen LogP contribution in [-0.4, -0.2) is 17.9 Å². The van der Waals surface area contributed by atoms with Crippen LogP contribution in [0.5, 0.6) is 5.75 Å². The van der Waals surface area contributed by atoms with Crippen molar-refractivity contribution in [3.05, 3.63) is 179 Å². The lowest BCUT2D eigenvalue weighted by atomic mass is 9.97. The van der Waals surface area contributed by atoms with Crippen molar-refractivity contribution in [2.45, 2.75) is 32.0 Å². The Bertz CT molecular complexity index is 1750. The van der Waals surface area contributed by atoms with Crippen molar-refractivity contribution in [1.29, 1.82) is 0 Å². The van der Waals surface area contributed by atoms with Crippen molar-refractivity contribution < 1.29 is 28.6 Å². The molecule has 6 nitrogen and oxygen atoms in total. The van der Waals surface area contributed by atoms with E-state index in [0.717, 1.165) is 12.8 Å². The highest BCUT2D eigenvalue weighted by molar-refractivity contribution is 5.91. The molecule has 0 aliphatic carbocycles. The van der Waals surface area contributed by atoms with E-state index in [4.69, 9.17) is 14.2 Å². The Balaban J connectivity index is 1.30. The third kappa shape index (κ3) is 8.67. The molecule has 0 saturated heterocycles. The maximum Gasteiger partial charge on any atom is 0.343 e. The number of hydrogen-bond acceptors (Lipinski definition) is 6. The first-order valence-electron chi connectivity index (χ1n) is 15.2. The van der Waals surface area contributed by atoms with Crippen LogP contribution in [0.25, 0.3) is 6.08 Å². The van der Waals surface area contributed by atoms with Crippen molar-refractivity contribution in [2.75, 3.05) is 0 Å². The zero-order chi connectivity index (χ0) is 32.1. The third-order valence-electron chi connectivity index (χ3n) is 7.25. The second kappa shape index (κ2) is 15.8. The van der Waals surface area contributed by atoms with E-state index in [-0.39, 0.29) is 0 Å². The molecule has 2 atom stereocenters. The summed E-state index contributed by atoms with van der Waals surface area (Å²) in [6.07, 6.45) is 3.08. The molecule has 0 bridgehead atoms. The van der Waals surface area contributed by atoms with Gasteiger partial charge in [-0.05, 0) is 71.1 Å². The van der Waals surface area contributed by atoms with Gasteiger partial charge in [-0.15, -0.1) is 0 Å². The molecule has 0 spiro atoms. The van der Waals surface area contributed by atoms with Gasteiger partial charge in [0.1, 0.15) is 5.75 Å². The summed E-state index contributed by atoms with van der Waals surface area (Å²) in [5, 5.41) is 0. The van der Waals surface area contributed by atoms with Gasteiger partial charge in [0.05, 0.1) is 11.1 Å². The Morgan fingerprint density at radius 3 is 1.67 bits per heavy atom. The Kier molecular flexibility index (Phi) is 10.9. The summed E-state index contributed by atoms with van der Waals surface area (Å²) in [6.45, 7) is 2.11. The molecule has 0 amide bonds. The normalized spacial score (nSPS) is 12.2. The fraction of sp³-hybridized carbons (Fsp3) is 0.125. The van der Waals surface area contributed by atoms with E-state index in [1.54, 1.807) is 66.7 Å². The maximum atomic E-state index is 13.2. The van der Waals surface area contributed by atoms with Crippen LogP contribution in [0, 0.1) is 0 Å². The van der Waals surface area contributed by atoms with Crippen molar-refractivity contribution in [3.63, 3.8) is 0 Å². The minimum Gasteiger partial charge on any atom is -0.450 e. The monoisotopic (exact) mass is 610 g/mol. The minimum atomic E-state index is -0.925. The first-order valence-corrected chi connectivity index (χ1v) is 15.2. The van der Waals surface area contributed by atoms with Crippen LogP contribution in [0.3, 0.4) is 0 Å². The molecule has 0 N–H and O–H groups in total. The van der Waals surface area contributed by atoms with E-state index in [1.807, 2.05) is 78.9 Å². The number of aryl methyl sites for hydroxylation is 1. The molecule has 0 aliphatic heterocycles. The van der Waals surface area contributed by atoms with E-state index >= 15 is 0 Å². The van der Waals surface area contributed by atoms with Gasteiger partial charge in [0.15, 0.2) is 12.2 Å². The molecule has 6 heteroatoms. The van der Waals surface area contributed by atoms with Crippen LogP contribution in [0.2, 0.25) is 0 Å². The zero-order valence-electron chi connectivity index (χ0n) is 25.5. The van der Waals surface area contributed by atoms with E-state index < -0.39 is 30.1 Å². The number of rotatable bonds is 12. The molecule has 0 fully saturated rings. The van der Waals surface area contributed by atoms with Gasteiger partial charge in [-0.3, -0.25) is 0 Å². The smallest absolute Gasteiger partial charge is 0.343 e. The van der Waals surface area contributed by atoms with Crippen LogP contribution < -0.4 is 4.74 Å². The lowest BCUT2D eigenvalue weighted by Gasteiger charge is -2.27. The lowest BCUT2D eigenvalue weighted by Crippen LogP contribution is -2.23. The molecule has 5 aromatic carbocycles. The lowest BCUT2D eigenvalue weighted by molar-refractivity contribution is -0.150. The average molecular weight is 611 g/mol. The Morgan fingerprint density at radius 1 is 0.587 bits per heavy atom. The van der Waals surface area contributed by atoms with E-state index in [2.05, 4.69) is 6.92 Å². The fourth-order valence-electron chi connectivity index (χ4n) is 4.89. The van der Waals surface area contributed by atoms with E-state index in [1.165, 1.54) is 11.6 Å². The molecule has 230 valence electrons. The van der Waals surface area contributed by atoms with E-state index in [9.17, 15) is 14.4 Å². The van der Waals surface area contributed by atoms with Gasteiger partial charge in [0, 0.05) is 6.08 Å². The molecule has 0 heterocycles. The van der Waals surface area contributed by atoms with Gasteiger partial charge in [0.25, 0.3) is 0 Å². The maximum absolute atomic E-state index is 13.2. The quantitative estimate of drug-likeness (QED) is 0.0798. The van der Waals surface area contributed by atoms with Crippen LogP contribution in [0.15, 0.2) is 146 Å². The highest BCUT2D eigenvalue weighted by atomic mass is 16.6. The molecular formula is C40H34O6. The minimum absolute atomic E-state index is 0.387. The first-order chi connectivity index (χ1) is 22.5. The molecule has 0 aromatic heterocycles. The summed E-state index contributed by atoms with van der Waals surface area (Å²) in [5.74, 6) is -1.20. The Labute approximate surface area is 268 Å². The number of carbonyl (C=O) groups is 3. The highest BCUT2D eigenvalue weighted by Crippen LogP contribution is 2.36. The highest BCUT2D eigenvalue weighted by Gasteiger charge is 2.32. The molecule has 5 rings (SSSR count). The molecule has 0 aliphatic rings. The van der Waals surface area contributed by atoms with Crippen molar-refractivity contribution >= 4 is 24.0 Å². The topological polar surface area (TPSA) is 78.9 Å². The second-order valence-electron chi connectivity index (χ2n) is 10.6. The molecule has 2 unspecified atom stereocenters. The van der Waals surface area contributed by atoms with Gasteiger partial charge in [-0.2, -0.15) is 0 Å². The summed E-state index contributed by atoms with van der Waals surface area (Å²) in [4.78, 5) is 39.0. The van der Waals surface area contributed by atoms with Gasteiger partial charge >= 0.3 is 17.9 Å². The zero-order valence-corrected chi connectivity index (χ0v) is 25.5. The molecule has 5 aromatic rings. The average Bonchev–Trinajstić information content (AvgIpc) is 3.11. The Morgan fingerprint density at radius 2 is 1.11 bits per heavy atom. The van der Waals surface area contributed by atoms with Crippen molar-refractivity contribution in [2.24, 2.45) is 0 Å². The summed E-state index contributed by atoms with van der Waals surface area (Å²) < 4.78 is 17.5. The van der Waals surface area contributed by atoms with Gasteiger partial charge < -0.3 is 14.2 Å². The Hall–Kier alpha value is -5.75. The van der Waals surface area contributed by atoms with Gasteiger partial charge in [-0.1, -0.05) is 116 Å². The fourth-order valence-corrected chi connectivity index (χ4v) is 4.89. The number of hydrogen-bond donors (Lipinski definition) is 0. The molecule has 46 heavy (non-hydrogen) atoms. The molecular weight excluding hydrogens is 576 g/mol. The first kappa shape index (κ1) is 31.7. The number of benzene rings is 5. The number of ether oxygens (including phenoxy) is 3. The number of carbonyl (C=O) groups excluding carboxylic acids is 3. The van der Waals surface area contributed by atoms with E-state index in [0.29, 0.717) is 33.6 Å². The largest absolute Gasteiger partial charge is 0.450 e. The third-order valence-corrected chi connectivity index (χ3v) is 7.25. The van der Waals surface area contributed by atoms with Gasteiger partial charge in [-0.25, -0.2) is 14.4 Å². The number of esters is 3. The van der Waals surface area contributed by atoms with Crippen LogP contribution in [0.4, 0.5) is 0 Å². The van der Waals surface area contributed by atoms with Gasteiger partial charge in [0.2, 0.25) is 0 Å². The standard InChI is InChI=1S/C40H34O6/c1-2-12-29-19-24-34(25-20-29)39(42)44-35-26-21-30(22-27-35)23-28-36(41)45-37(31-13-6-3-7-14-31)38(32-15-8-4-9-16-32)46-40(43)33-17-10-5-11-18-33/h3-11,13-28,37-38H,2,12H2,1H3/b28-23+. The molecule has 0 saturated carbocycles. The predicted octanol–water partition coefficient (Wildman–Crippen LogP) is 8.75. The van der Waals surface area contributed by atoms with Crippen molar-refractivity contribution in [1.82, 2.24) is 0 Å². The second-order valence-corrected chi connectivity index (χ2v) is 10.6. The summed E-state index contributed by atoms with van der Waals surface area (Å²) in [7, 11) is 0. The summed E-state index contributed by atoms with van der Waals surface area (Å²) in [6, 6.07) is 41.3. The van der Waals surface area contributed by atoms with Crippen LogP contribution in [0.1, 0.15) is 68.5 Å². The summed E-state index contributed by atoms with van der Waals surface area (Å²) in [5.41, 5.74) is 4.09. The predicted molar refractivity (Wildman–Crippen MR) is 177 cm³/mol. The SMILES string of the molecule is CCCc1ccc(C(=O)Oc2ccc(/C=C/C(=O)OC(c3ccccc3)C(OC(=O)c3ccccc3)c3ccccc3)cc2)cc1. The van der Waals surface area contributed by atoms with Crippen LogP contribution >= 0.6 is 0 Å². The van der Waals surface area contributed by atoms with Crippen molar-refractivity contribution in [3.8, 4) is 5.75 Å².